The zero-order valence-electron chi connectivity index (χ0n) is 9.20. The fourth-order valence-corrected chi connectivity index (χ4v) is 1.46. The first-order valence-corrected chi connectivity index (χ1v) is 5.09. The number of rotatable bonds is 2. The molecule has 5 nitrogen and oxygen atoms in total. The second-order valence-electron chi connectivity index (χ2n) is 3.45. The molecule has 1 aliphatic heterocycles. The number of nitrogens with one attached hydrogen (secondary N) is 2. The number of hydrazone groups is 1. The third-order valence-corrected chi connectivity index (χ3v) is 2.17. The molecule has 0 saturated carbocycles. The second-order valence-corrected chi connectivity index (χ2v) is 3.45. The van der Waals surface area contributed by atoms with E-state index in [2.05, 4.69) is 15.5 Å². The summed E-state index contributed by atoms with van der Waals surface area (Å²) in [6.45, 7) is 4.28. The summed E-state index contributed by atoms with van der Waals surface area (Å²) in [5.41, 5.74) is 4.72. The summed E-state index contributed by atoms with van der Waals surface area (Å²) in [7, 11) is 0. The van der Waals surface area contributed by atoms with Crippen molar-refractivity contribution in [2.45, 2.75) is 13.8 Å². The van der Waals surface area contributed by atoms with Gasteiger partial charge in [-0.1, -0.05) is 0 Å². The van der Waals surface area contributed by atoms with E-state index in [4.69, 9.17) is 4.74 Å². The Morgan fingerprint density at radius 3 is 2.94 bits per heavy atom. The van der Waals surface area contributed by atoms with Gasteiger partial charge < -0.3 is 9.72 Å². The van der Waals surface area contributed by atoms with Crippen molar-refractivity contribution in [1.29, 1.82) is 0 Å². The van der Waals surface area contributed by atoms with E-state index < -0.39 is 0 Å². The minimum absolute atomic E-state index is 0.240. The van der Waals surface area contributed by atoms with Crippen LogP contribution in [0.4, 0.5) is 0 Å². The molecule has 0 aliphatic carbocycles. The van der Waals surface area contributed by atoms with Crippen LogP contribution in [0.5, 0.6) is 0 Å². The zero-order valence-corrected chi connectivity index (χ0v) is 9.20. The summed E-state index contributed by atoms with van der Waals surface area (Å²) in [5.74, 6) is 0.107. The molecule has 0 fully saturated rings. The van der Waals surface area contributed by atoms with Crippen molar-refractivity contribution in [3.05, 3.63) is 29.1 Å². The first-order valence-electron chi connectivity index (χ1n) is 5.09. The molecular formula is C11H13N3O2. The fraction of sp³-hybridized carbons (Fsp3) is 0.273. The summed E-state index contributed by atoms with van der Waals surface area (Å²) in [6.07, 6.45) is 1.73. The second kappa shape index (κ2) is 4.22. The third kappa shape index (κ3) is 1.98. The molecule has 0 radical (unpaired) electrons. The number of aryl methyl sites for hydroxylation is 1. The Balaban J connectivity index is 2.27. The van der Waals surface area contributed by atoms with E-state index in [0.29, 0.717) is 18.1 Å². The van der Waals surface area contributed by atoms with Crippen molar-refractivity contribution in [2.24, 2.45) is 5.10 Å². The van der Waals surface area contributed by atoms with Crippen LogP contribution in [0.15, 0.2) is 22.8 Å². The van der Waals surface area contributed by atoms with Crippen molar-refractivity contribution in [3.63, 3.8) is 0 Å². The van der Waals surface area contributed by atoms with Crippen molar-refractivity contribution >= 4 is 17.9 Å². The van der Waals surface area contributed by atoms with Gasteiger partial charge in [-0.15, -0.1) is 5.10 Å². The highest BCUT2D eigenvalue weighted by Crippen LogP contribution is 2.12. The van der Waals surface area contributed by atoms with Crippen LogP contribution < -0.4 is 5.43 Å². The highest BCUT2D eigenvalue weighted by atomic mass is 16.5. The summed E-state index contributed by atoms with van der Waals surface area (Å²) in [6, 6.07) is 3.84. The van der Waals surface area contributed by atoms with Crippen LogP contribution in [0.25, 0.3) is 6.08 Å². The molecule has 2 heterocycles. The van der Waals surface area contributed by atoms with Crippen LogP contribution in [0, 0.1) is 6.92 Å². The molecule has 2 N–H and O–H groups in total. The lowest BCUT2D eigenvalue weighted by Crippen LogP contribution is -2.14. The van der Waals surface area contributed by atoms with Crippen LogP contribution in [0.3, 0.4) is 0 Å². The number of carbonyl (C=O) groups excluding carboxylic acids is 1. The minimum Gasteiger partial charge on any atom is -0.476 e. The van der Waals surface area contributed by atoms with Crippen molar-refractivity contribution in [1.82, 2.24) is 10.4 Å². The van der Waals surface area contributed by atoms with Crippen molar-refractivity contribution in [3.8, 4) is 0 Å². The number of carbonyl (C=O) groups is 1. The molecule has 1 aromatic rings. The monoisotopic (exact) mass is 219 g/mol. The molecule has 2 rings (SSSR count). The quantitative estimate of drug-likeness (QED) is 0.733. The van der Waals surface area contributed by atoms with Gasteiger partial charge >= 0.3 is 0 Å². The molecule has 5 heteroatoms. The van der Waals surface area contributed by atoms with Gasteiger partial charge in [-0.05, 0) is 32.1 Å². The number of H-pyrrole nitrogens is 1. The molecule has 1 amide bonds. The summed E-state index contributed by atoms with van der Waals surface area (Å²) >= 11 is 0. The smallest absolute Gasteiger partial charge is 0.277 e. The molecule has 0 spiro atoms. The normalized spacial score (nSPS) is 17.5. The highest BCUT2D eigenvalue weighted by Gasteiger charge is 2.23. The lowest BCUT2D eigenvalue weighted by Gasteiger charge is -2.00. The Kier molecular flexibility index (Phi) is 2.76. The molecule has 0 atom stereocenters. The van der Waals surface area contributed by atoms with Gasteiger partial charge in [-0.2, -0.15) is 0 Å². The average molecular weight is 219 g/mol. The largest absolute Gasteiger partial charge is 0.476 e. The van der Waals surface area contributed by atoms with Gasteiger partial charge in [0.05, 0.1) is 6.61 Å². The SMILES string of the molecule is CCOC1=NNC(=O)/C1=C/c1ccc(C)[nH]1. The predicted molar refractivity (Wildman–Crippen MR) is 60.7 cm³/mol. The number of hydrogen-bond donors (Lipinski definition) is 2. The predicted octanol–water partition coefficient (Wildman–Crippen LogP) is 1.19. The summed E-state index contributed by atoms with van der Waals surface area (Å²) in [4.78, 5) is 14.6. The van der Waals surface area contributed by atoms with E-state index in [0.717, 1.165) is 11.4 Å². The van der Waals surface area contributed by atoms with Gasteiger partial charge in [0, 0.05) is 11.4 Å². The van der Waals surface area contributed by atoms with Gasteiger partial charge in [0.25, 0.3) is 5.91 Å². The molecule has 84 valence electrons. The van der Waals surface area contributed by atoms with Crippen LogP contribution in [-0.2, 0) is 9.53 Å². The molecule has 1 aliphatic rings. The lowest BCUT2D eigenvalue weighted by molar-refractivity contribution is -0.116. The maximum atomic E-state index is 11.5. The molecular weight excluding hydrogens is 206 g/mol. The van der Waals surface area contributed by atoms with Gasteiger partial charge in [-0.25, -0.2) is 5.43 Å². The lowest BCUT2D eigenvalue weighted by atomic mass is 10.2. The van der Waals surface area contributed by atoms with Gasteiger partial charge in [0.15, 0.2) is 0 Å². The molecule has 0 saturated heterocycles. The maximum absolute atomic E-state index is 11.5. The Labute approximate surface area is 93.2 Å². The number of nitrogens with zero attached hydrogens (tertiary/aromatic N) is 1. The van der Waals surface area contributed by atoms with E-state index in [-0.39, 0.29) is 5.91 Å². The van der Waals surface area contributed by atoms with E-state index in [1.54, 1.807) is 6.08 Å². The standard InChI is InChI=1S/C11H13N3O2/c1-3-16-11-9(10(15)13-14-11)6-8-5-4-7(2)12-8/h4-6,12H,3H2,1-2H3,(H,13,15)/b9-6-. The number of amides is 1. The van der Waals surface area contributed by atoms with Gasteiger partial charge in [0.1, 0.15) is 5.57 Å². The van der Waals surface area contributed by atoms with Gasteiger partial charge in [-0.3, -0.25) is 4.79 Å². The molecule has 16 heavy (non-hydrogen) atoms. The molecule has 0 aromatic carbocycles. The minimum atomic E-state index is -0.240. The zero-order chi connectivity index (χ0) is 11.5. The Morgan fingerprint density at radius 1 is 1.50 bits per heavy atom. The van der Waals surface area contributed by atoms with E-state index in [9.17, 15) is 4.79 Å². The Bertz CT molecular complexity index is 471. The molecule has 0 unspecified atom stereocenters. The van der Waals surface area contributed by atoms with Crippen LogP contribution in [-0.4, -0.2) is 23.4 Å². The number of hydrogen-bond acceptors (Lipinski definition) is 3. The van der Waals surface area contributed by atoms with Crippen molar-refractivity contribution < 1.29 is 9.53 Å². The fourth-order valence-electron chi connectivity index (χ4n) is 1.46. The maximum Gasteiger partial charge on any atom is 0.277 e. The first kappa shape index (κ1) is 10.5. The third-order valence-electron chi connectivity index (χ3n) is 2.17. The van der Waals surface area contributed by atoms with E-state index in [1.807, 2.05) is 26.0 Å². The molecule has 0 bridgehead atoms. The summed E-state index contributed by atoms with van der Waals surface area (Å²) in [5, 5.41) is 3.80. The Hall–Kier alpha value is -2.04. The van der Waals surface area contributed by atoms with Crippen molar-refractivity contribution in [2.75, 3.05) is 6.61 Å². The Morgan fingerprint density at radius 2 is 2.31 bits per heavy atom. The summed E-state index contributed by atoms with van der Waals surface area (Å²) < 4.78 is 5.25. The number of aromatic amines is 1. The number of aromatic nitrogens is 1. The van der Waals surface area contributed by atoms with Crippen LogP contribution in [0.2, 0.25) is 0 Å². The van der Waals surface area contributed by atoms with Crippen LogP contribution in [0.1, 0.15) is 18.3 Å². The molecule has 1 aromatic heterocycles. The van der Waals surface area contributed by atoms with E-state index >= 15 is 0 Å². The number of ether oxygens (including phenoxy) is 1. The average Bonchev–Trinajstić information content (AvgIpc) is 2.79. The van der Waals surface area contributed by atoms with Gasteiger partial charge in [0.2, 0.25) is 5.90 Å². The highest BCUT2D eigenvalue weighted by molar-refractivity contribution is 6.24. The van der Waals surface area contributed by atoms with Crippen LogP contribution >= 0.6 is 0 Å². The topological polar surface area (TPSA) is 66.5 Å². The van der Waals surface area contributed by atoms with E-state index in [1.165, 1.54) is 0 Å². The first-order chi connectivity index (χ1) is 7.70.